The number of hydrazine groups is 1. The van der Waals surface area contributed by atoms with Crippen LogP contribution >= 0.6 is 0 Å². The smallest absolute Gasteiger partial charge is 0.269 e. The van der Waals surface area contributed by atoms with Gasteiger partial charge in [0.2, 0.25) is 0 Å². The zero-order chi connectivity index (χ0) is 15.3. The van der Waals surface area contributed by atoms with Crippen molar-refractivity contribution in [2.24, 2.45) is 11.8 Å². The third-order valence-electron chi connectivity index (χ3n) is 3.16. The molecule has 20 heavy (non-hydrogen) atoms. The molecule has 6 nitrogen and oxygen atoms in total. The number of anilines is 1. The maximum atomic E-state index is 10.9. The predicted octanol–water partition coefficient (Wildman–Crippen LogP) is 2.75. The zero-order valence-electron chi connectivity index (χ0n) is 12.6. The minimum Gasteiger partial charge on any atom is -0.324 e. The fourth-order valence-corrected chi connectivity index (χ4v) is 2.11. The number of non-ortho nitro benzene ring substituents is 1. The van der Waals surface area contributed by atoms with Crippen LogP contribution in [0.4, 0.5) is 11.4 Å². The Balaban J connectivity index is 3.03. The van der Waals surface area contributed by atoms with E-state index in [4.69, 9.17) is 5.84 Å². The summed E-state index contributed by atoms with van der Waals surface area (Å²) in [5.41, 5.74) is 4.27. The Morgan fingerprint density at radius 3 is 2.45 bits per heavy atom. The van der Waals surface area contributed by atoms with Crippen LogP contribution in [0.2, 0.25) is 0 Å². The number of benzene rings is 1. The van der Waals surface area contributed by atoms with Crippen LogP contribution in [-0.2, 0) is 6.54 Å². The second-order valence-corrected chi connectivity index (χ2v) is 5.66. The minimum absolute atomic E-state index is 0.0900. The highest BCUT2D eigenvalue weighted by Gasteiger charge is 2.16. The average Bonchev–Trinajstić information content (AvgIpc) is 2.37. The minimum atomic E-state index is -0.383. The largest absolute Gasteiger partial charge is 0.324 e. The number of nitro benzene ring substituents is 1. The lowest BCUT2D eigenvalue weighted by Gasteiger charge is -2.29. The monoisotopic (exact) mass is 280 g/mol. The van der Waals surface area contributed by atoms with E-state index < -0.39 is 0 Å². The van der Waals surface area contributed by atoms with Crippen LogP contribution in [0.15, 0.2) is 18.2 Å². The Labute approximate surface area is 120 Å². The van der Waals surface area contributed by atoms with Crippen molar-refractivity contribution in [2.45, 2.75) is 40.3 Å². The summed E-state index contributed by atoms with van der Waals surface area (Å²) in [6.45, 7) is 10.1. The highest BCUT2D eigenvalue weighted by Crippen LogP contribution is 2.24. The van der Waals surface area contributed by atoms with E-state index in [-0.39, 0.29) is 10.6 Å². The number of rotatable bonds is 7. The first-order valence-corrected chi connectivity index (χ1v) is 6.83. The van der Waals surface area contributed by atoms with Crippen molar-refractivity contribution in [2.75, 3.05) is 12.0 Å². The molecule has 0 bridgehead atoms. The van der Waals surface area contributed by atoms with E-state index in [1.165, 1.54) is 6.07 Å². The maximum absolute atomic E-state index is 10.9. The van der Waals surface area contributed by atoms with Crippen molar-refractivity contribution in [3.63, 3.8) is 0 Å². The normalized spacial score (nSPS) is 11.4. The second-order valence-electron chi connectivity index (χ2n) is 5.66. The third kappa shape index (κ3) is 4.47. The van der Waals surface area contributed by atoms with Crippen LogP contribution in [0.5, 0.6) is 0 Å². The quantitative estimate of drug-likeness (QED) is 0.456. The summed E-state index contributed by atoms with van der Waals surface area (Å²) in [6.07, 6.45) is 0. The molecular formula is C14H24N4O2. The van der Waals surface area contributed by atoms with Crippen molar-refractivity contribution >= 4 is 11.4 Å². The van der Waals surface area contributed by atoms with Gasteiger partial charge in [0.05, 0.1) is 10.6 Å². The molecule has 0 unspecified atom stereocenters. The van der Waals surface area contributed by atoms with E-state index in [0.29, 0.717) is 18.5 Å². The average molecular weight is 280 g/mol. The molecule has 1 aromatic carbocycles. The van der Waals surface area contributed by atoms with Gasteiger partial charge in [-0.15, -0.1) is 0 Å². The molecule has 6 heteroatoms. The fourth-order valence-electron chi connectivity index (χ4n) is 2.11. The van der Waals surface area contributed by atoms with Gasteiger partial charge in [-0.25, -0.2) is 0 Å². The van der Waals surface area contributed by atoms with Crippen molar-refractivity contribution in [1.29, 1.82) is 0 Å². The highest BCUT2D eigenvalue weighted by molar-refractivity contribution is 5.55. The fraction of sp³-hybridized carbons (Fsp3) is 0.571. The van der Waals surface area contributed by atoms with Gasteiger partial charge >= 0.3 is 0 Å². The second kappa shape index (κ2) is 7.21. The molecule has 0 aliphatic rings. The summed E-state index contributed by atoms with van der Waals surface area (Å²) >= 11 is 0. The first-order valence-electron chi connectivity index (χ1n) is 6.83. The molecule has 0 aliphatic carbocycles. The summed E-state index contributed by atoms with van der Waals surface area (Å²) in [4.78, 5) is 12.8. The maximum Gasteiger partial charge on any atom is 0.269 e. The molecule has 0 saturated heterocycles. The molecule has 1 rings (SSSR count). The lowest BCUT2D eigenvalue weighted by atomic mass is 10.1. The lowest BCUT2D eigenvalue weighted by Crippen LogP contribution is -2.34. The van der Waals surface area contributed by atoms with Crippen molar-refractivity contribution in [3.05, 3.63) is 33.9 Å². The van der Waals surface area contributed by atoms with Gasteiger partial charge < -0.3 is 5.43 Å². The Morgan fingerprint density at radius 2 is 2.00 bits per heavy atom. The van der Waals surface area contributed by atoms with Crippen LogP contribution < -0.4 is 11.3 Å². The van der Waals surface area contributed by atoms with Crippen molar-refractivity contribution in [1.82, 2.24) is 4.90 Å². The van der Waals surface area contributed by atoms with Gasteiger partial charge in [0.25, 0.3) is 5.69 Å². The molecule has 0 fully saturated rings. The molecule has 1 aromatic rings. The van der Waals surface area contributed by atoms with Gasteiger partial charge in [-0.05, 0) is 31.4 Å². The number of nitrogens with two attached hydrogens (primary N) is 1. The van der Waals surface area contributed by atoms with Crippen molar-refractivity contribution in [3.8, 4) is 0 Å². The highest BCUT2D eigenvalue weighted by atomic mass is 16.6. The molecule has 0 spiro atoms. The molecule has 0 aliphatic heterocycles. The van der Waals surface area contributed by atoms with E-state index in [1.54, 1.807) is 12.1 Å². The first-order chi connectivity index (χ1) is 9.35. The van der Waals surface area contributed by atoms with Crippen LogP contribution in [0, 0.1) is 16.0 Å². The standard InChI is InChI=1S/C14H24N4O2/c1-10(2)8-17(11(3)4)9-12-7-13(18(19)20)5-6-14(12)16-15/h5-7,10-11,16H,8-9,15H2,1-4H3. The summed E-state index contributed by atoms with van der Waals surface area (Å²) in [5.74, 6) is 6.02. The summed E-state index contributed by atoms with van der Waals surface area (Å²) in [5, 5.41) is 10.9. The topological polar surface area (TPSA) is 84.4 Å². The Hall–Kier alpha value is -1.66. The number of hydrogen-bond acceptors (Lipinski definition) is 5. The Kier molecular flexibility index (Phi) is 5.91. The summed E-state index contributed by atoms with van der Waals surface area (Å²) in [7, 11) is 0. The number of nitro groups is 1. The molecule has 0 radical (unpaired) electrons. The SMILES string of the molecule is CC(C)CN(Cc1cc([N+](=O)[O-])ccc1NN)C(C)C. The molecule has 0 heterocycles. The van der Waals surface area contributed by atoms with Crippen LogP contribution in [0.25, 0.3) is 0 Å². The number of nitrogens with zero attached hydrogens (tertiary/aromatic N) is 2. The summed E-state index contributed by atoms with van der Waals surface area (Å²) in [6, 6.07) is 5.06. The van der Waals surface area contributed by atoms with Gasteiger partial charge in [-0.3, -0.25) is 20.9 Å². The predicted molar refractivity (Wildman–Crippen MR) is 81.3 cm³/mol. The molecule has 0 amide bonds. The molecule has 0 saturated carbocycles. The van der Waals surface area contributed by atoms with Gasteiger partial charge in [-0.1, -0.05) is 13.8 Å². The van der Waals surface area contributed by atoms with E-state index in [2.05, 4.69) is 38.0 Å². The third-order valence-corrected chi connectivity index (χ3v) is 3.16. The Morgan fingerprint density at radius 1 is 1.35 bits per heavy atom. The van der Waals surface area contributed by atoms with E-state index in [9.17, 15) is 10.1 Å². The van der Waals surface area contributed by atoms with Gasteiger partial charge in [0, 0.05) is 31.3 Å². The lowest BCUT2D eigenvalue weighted by molar-refractivity contribution is -0.384. The van der Waals surface area contributed by atoms with Gasteiger partial charge in [0.1, 0.15) is 0 Å². The van der Waals surface area contributed by atoms with Crippen LogP contribution in [0.1, 0.15) is 33.3 Å². The number of nitrogens with one attached hydrogen (secondary N) is 1. The van der Waals surface area contributed by atoms with Gasteiger partial charge in [0.15, 0.2) is 0 Å². The van der Waals surface area contributed by atoms with Crippen LogP contribution in [0.3, 0.4) is 0 Å². The number of hydrogen-bond donors (Lipinski definition) is 2. The molecule has 112 valence electrons. The van der Waals surface area contributed by atoms with Crippen molar-refractivity contribution < 1.29 is 4.92 Å². The molecule has 0 aromatic heterocycles. The van der Waals surface area contributed by atoms with Crippen LogP contribution in [-0.4, -0.2) is 22.4 Å². The molecule has 0 atom stereocenters. The molecular weight excluding hydrogens is 256 g/mol. The summed E-state index contributed by atoms with van der Waals surface area (Å²) < 4.78 is 0. The van der Waals surface area contributed by atoms with Gasteiger partial charge in [-0.2, -0.15) is 0 Å². The van der Waals surface area contributed by atoms with E-state index >= 15 is 0 Å². The van der Waals surface area contributed by atoms with E-state index in [0.717, 1.165) is 17.8 Å². The Bertz CT molecular complexity index is 460. The first kappa shape index (κ1) is 16.4. The zero-order valence-corrected chi connectivity index (χ0v) is 12.6. The van der Waals surface area contributed by atoms with E-state index in [1.807, 2.05) is 0 Å². The number of nitrogen functional groups attached to an aromatic ring is 1. The molecule has 3 N–H and O–H groups in total.